The summed E-state index contributed by atoms with van der Waals surface area (Å²) in [5.41, 5.74) is 2.55. The van der Waals surface area contributed by atoms with E-state index in [2.05, 4.69) is 35.3 Å². The van der Waals surface area contributed by atoms with Crippen molar-refractivity contribution in [2.75, 3.05) is 36.0 Å². The molecular formula is C16H23N3O2S. The monoisotopic (exact) mass is 321 g/mol. The number of guanidine groups is 1. The SMILES string of the molecule is CCNC(=NCC1CCS(=O)(=O)C1)N1CCc2ccccc21. The molecule has 2 aliphatic rings. The summed E-state index contributed by atoms with van der Waals surface area (Å²) in [6.07, 6.45) is 1.76. The molecule has 1 unspecified atom stereocenters. The largest absolute Gasteiger partial charge is 0.356 e. The molecule has 1 saturated heterocycles. The van der Waals surface area contributed by atoms with Gasteiger partial charge in [-0.3, -0.25) is 4.99 Å². The van der Waals surface area contributed by atoms with Gasteiger partial charge in [-0.05, 0) is 37.3 Å². The summed E-state index contributed by atoms with van der Waals surface area (Å²) < 4.78 is 23.1. The van der Waals surface area contributed by atoms with Crippen molar-refractivity contribution in [2.24, 2.45) is 10.9 Å². The van der Waals surface area contributed by atoms with Crippen molar-refractivity contribution in [2.45, 2.75) is 19.8 Å². The lowest BCUT2D eigenvalue weighted by atomic mass is 10.1. The minimum Gasteiger partial charge on any atom is -0.356 e. The average Bonchev–Trinajstić information content (AvgIpc) is 3.07. The van der Waals surface area contributed by atoms with E-state index in [1.807, 2.05) is 6.07 Å². The molecule has 0 aliphatic carbocycles. The standard InChI is InChI=1S/C16H23N3O2S/c1-2-17-16(18-11-13-8-10-22(20,21)12-13)19-9-7-14-5-3-4-6-15(14)19/h3-6,13H,2,7-12H2,1H3,(H,17,18). The van der Waals surface area contributed by atoms with E-state index in [9.17, 15) is 8.42 Å². The molecule has 0 aromatic heterocycles. The Morgan fingerprint density at radius 1 is 1.41 bits per heavy atom. The molecule has 1 N–H and O–H groups in total. The van der Waals surface area contributed by atoms with Gasteiger partial charge < -0.3 is 10.2 Å². The number of rotatable bonds is 3. The van der Waals surface area contributed by atoms with Crippen LogP contribution in [0.4, 0.5) is 5.69 Å². The molecule has 3 rings (SSSR count). The van der Waals surface area contributed by atoms with Crippen molar-refractivity contribution in [3.63, 3.8) is 0 Å². The van der Waals surface area contributed by atoms with Crippen molar-refractivity contribution < 1.29 is 8.42 Å². The summed E-state index contributed by atoms with van der Waals surface area (Å²) in [5, 5.41) is 3.34. The Morgan fingerprint density at radius 3 is 2.95 bits per heavy atom. The van der Waals surface area contributed by atoms with Crippen LogP contribution >= 0.6 is 0 Å². The number of benzene rings is 1. The smallest absolute Gasteiger partial charge is 0.198 e. The van der Waals surface area contributed by atoms with Gasteiger partial charge in [0.2, 0.25) is 0 Å². The maximum Gasteiger partial charge on any atom is 0.198 e. The topological polar surface area (TPSA) is 61.8 Å². The Balaban J connectivity index is 1.75. The minimum absolute atomic E-state index is 0.163. The zero-order valence-corrected chi connectivity index (χ0v) is 13.8. The maximum atomic E-state index is 11.6. The number of aliphatic imine (C=N–C) groups is 1. The first-order chi connectivity index (χ1) is 10.6. The van der Waals surface area contributed by atoms with Gasteiger partial charge in [-0.25, -0.2) is 8.42 Å². The van der Waals surface area contributed by atoms with E-state index >= 15 is 0 Å². The highest BCUT2D eigenvalue weighted by Gasteiger charge is 2.28. The predicted octanol–water partition coefficient (Wildman–Crippen LogP) is 1.45. The second kappa shape index (κ2) is 6.28. The lowest BCUT2D eigenvalue weighted by molar-refractivity contribution is 0.590. The fraction of sp³-hybridized carbons (Fsp3) is 0.562. The van der Waals surface area contributed by atoms with Crippen LogP contribution < -0.4 is 10.2 Å². The zero-order valence-electron chi connectivity index (χ0n) is 13.0. The van der Waals surface area contributed by atoms with Crippen molar-refractivity contribution >= 4 is 21.5 Å². The van der Waals surface area contributed by atoms with E-state index in [0.29, 0.717) is 12.3 Å². The number of para-hydroxylation sites is 1. The van der Waals surface area contributed by atoms with Crippen LogP contribution in [0, 0.1) is 5.92 Å². The maximum absolute atomic E-state index is 11.6. The third-order valence-corrected chi connectivity index (χ3v) is 6.14. The molecule has 1 aromatic carbocycles. The molecule has 0 spiro atoms. The molecular weight excluding hydrogens is 298 g/mol. The molecule has 0 amide bonds. The van der Waals surface area contributed by atoms with E-state index < -0.39 is 9.84 Å². The number of sulfone groups is 1. The number of nitrogens with zero attached hydrogens (tertiary/aromatic N) is 2. The van der Waals surface area contributed by atoms with Crippen LogP contribution in [0.15, 0.2) is 29.3 Å². The first-order valence-corrected chi connectivity index (χ1v) is 9.75. The van der Waals surface area contributed by atoms with Crippen LogP contribution in [0.1, 0.15) is 18.9 Å². The molecule has 5 nitrogen and oxygen atoms in total. The van der Waals surface area contributed by atoms with Crippen molar-refractivity contribution in [1.82, 2.24) is 5.32 Å². The summed E-state index contributed by atoms with van der Waals surface area (Å²) in [6, 6.07) is 8.39. The van der Waals surface area contributed by atoms with Gasteiger partial charge in [0, 0.05) is 25.3 Å². The van der Waals surface area contributed by atoms with Gasteiger partial charge in [-0.1, -0.05) is 18.2 Å². The van der Waals surface area contributed by atoms with Gasteiger partial charge in [0.05, 0.1) is 11.5 Å². The van der Waals surface area contributed by atoms with Gasteiger partial charge in [0.15, 0.2) is 15.8 Å². The molecule has 0 radical (unpaired) electrons. The van der Waals surface area contributed by atoms with E-state index in [1.54, 1.807) is 0 Å². The number of anilines is 1. The number of hydrogen-bond acceptors (Lipinski definition) is 3. The summed E-state index contributed by atoms with van der Waals surface area (Å²) in [5.74, 6) is 1.64. The summed E-state index contributed by atoms with van der Waals surface area (Å²) in [4.78, 5) is 6.92. The van der Waals surface area contributed by atoms with Gasteiger partial charge >= 0.3 is 0 Å². The Bertz CT molecular complexity index is 670. The predicted molar refractivity (Wildman–Crippen MR) is 90.2 cm³/mol. The molecule has 0 bridgehead atoms. The highest BCUT2D eigenvalue weighted by atomic mass is 32.2. The molecule has 1 atom stereocenters. The fourth-order valence-electron chi connectivity index (χ4n) is 3.18. The van der Waals surface area contributed by atoms with Gasteiger partial charge in [-0.15, -0.1) is 0 Å². The Kier molecular flexibility index (Phi) is 4.38. The Hall–Kier alpha value is -1.56. The fourth-order valence-corrected chi connectivity index (χ4v) is 5.03. The number of hydrogen-bond donors (Lipinski definition) is 1. The molecule has 1 aromatic rings. The van der Waals surface area contributed by atoms with Gasteiger partial charge in [-0.2, -0.15) is 0 Å². The van der Waals surface area contributed by atoms with Gasteiger partial charge in [0.1, 0.15) is 0 Å². The number of nitrogens with one attached hydrogen (secondary N) is 1. The lowest BCUT2D eigenvalue weighted by Crippen LogP contribution is -2.41. The summed E-state index contributed by atoms with van der Waals surface area (Å²) in [6.45, 7) is 4.37. The summed E-state index contributed by atoms with van der Waals surface area (Å²) >= 11 is 0. The molecule has 2 heterocycles. The minimum atomic E-state index is -2.83. The molecule has 6 heteroatoms. The first-order valence-electron chi connectivity index (χ1n) is 7.93. The van der Waals surface area contributed by atoms with Gasteiger partial charge in [0.25, 0.3) is 0 Å². The summed E-state index contributed by atoms with van der Waals surface area (Å²) in [7, 11) is -2.83. The third-order valence-electron chi connectivity index (χ3n) is 4.30. The highest BCUT2D eigenvalue weighted by molar-refractivity contribution is 7.91. The first kappa shape index (κ1) is 15.3. The molecule has 2 aliphatic heterocycles. The van der Waals surface area contributed by atoms with E-state index in [-0.39, 0.29) is 11.7 Å². The quantitative estimate of drug-likeness (QED) is 0.676. The second-order valence-corrected chi connectivity index (χ2v) is 8.22. The van der Waals surface area contributed by atoms with Crippen LogP contribution in [0.5, 0.6) is 0 Å². The third kappa shape index (κ3) is 3.27. The molecule has 0 saturated carbocycles. The Labute approximate surface area is 132 Å². The average molecular weight is 321 g/mol. The van der Waals surface area contributed by atoms with Crippen LogP contribution in [-0.2, 0) is 16.3 Å². The van der Waals surface area contributed by atoms with Crippen molar-refractivity contribution in [3.05, 3.63) is 29.8 Å². The second-order valence-electron chi connectivity index (χ2n) is 5.99. The lowest BCUT2D eigenvalue weighted by Gasteiger charge is -2.22. The zero-order chi connectivity index (χ0) is 15.6. The number of fused-ring (bicyclic) bond motifs is 1. The molecule has 120 valence electrons. The molecule has 22 heavy (non-hydrogen) atoms. The van der Waals surface area contributed by atoms with Crippen molar-refractivity contribution in [3.8, 4) is 0 Å². The Morgan fingerprint density at radius 2 is 2.23 bits per heavy atom. The van der Waals surface area contributed by atoms with Crippen molar-refractivity contribution in [1.29, 1.82) is 0 Å². The molecule has 1 fully saturated rings. The van der Waals surface area contributed by atoms with E-state index in [0.717, 1.165) is 31.9 Å². The van der Waals surface area contributed by atoms with Crippen LogP contribution in [0.3, 0.4) is 0 Å². The van der Waals surface area contributed by atoms with Crippen LogP contribution in [0.25, 0.3) is 0 Å². The van der Waals surface area contributed by atoms with Crippen LogP contribution in [0.2, 0.25) is 0 Å². The normalized spacial score (nSPS) is 23.6. The van der Waals surface area contributed by atoms with E-state index in [1.165, 1.54) is 11.3 Å². The highest BCUT2D eigenvalue weighted by Crippen LogP contribution is 2.27. The van der Waals surface area contributed by atoms with Crippen LogP contribution in [-0.4, -0.2) is 45.5 Å². The van der Waals surface area contributed by atoms with E-state index in [4.69, 9.17) is 4.99 Å².